The maximum absolute atomic E-state index is 9.86. The smallest absolute Gasteiger partial charge is 0.138 e. The van der Waals surface area contributed by atoms with Gasteiger partial charge < -0.3 is 5.11 Å². The van der Waals surface area contributed by atoms with Crippen LogP contribution in [0.1, 0.15) is 45.0 Å². The maximum atomic E-state index is 9.86. The predicted octanol–water partition coefficient (Wildman–Crippen LogP) is 1.56. The first-order valence-corrected chi connectivity index (χ1v) is 5.73. The fraction of sp³-hybridized carbons (Fsp3) is 0.818. The van der Waals surface area contributed by atoms with Crippen molar-refractivity contribution in [2.45, 2.75) is 51.7 Å². The van der Waals surface area contributed by atoms with Gasteiger partial charge in [0.25, 0.3) is 0 Å². The van der Waals surface area contributed by atoms with Crippen molar-refractivity contribution in [1.29, 1.82) is 0 Å². The van der Waals surface area contributed by atoms with Gasteiger partial charge in [-0.1, -0.05) is 12.8 Å². The molecule has 1 aromatic rings. The van der Waals surface area contributed by atoms with E-state index in [1.54, 1.807) is 6.33 Å². The SMILES string of the molecule is CC(C)n1ncnc1CC(O)CC1CC1. The molecule has 0 aromatic carbocycles. The molecule has 84 valence electrons. The minimum atomic E-state index is -0.251. The summed E-state index contributed by atoms with van der Waals surface area (Å²) >= 11 is 0. The lowest BCUT2D eigenvalue weighted by Crippen LogP contribution is -2.17. The van der Waals surface area contributed by atoms with Gasteiger partial charge >= 0.3 is 0 Å². The average Bonchev–Trinajstić information content (AvgIpc) is 2.82. The van der Waals surface area contributed by atoms with E-state index in [9.17, 15) is 5.11 Å². The zero-order chi connectivity index (χ0) is 10.8. The summed E-state index contributed by atoms with van der Waals surface area (Å²) in [6.07, 6.45) is 5.44. The van der Waals surface area contributed by atoms with Crippen LogP contribution in [0.25, 0.3) is 0 Å². The van der Waals surface area contributed by atoms with Crippen LogP contribution in [0.5, 0.6) is 0 Å². The largest absolute Gasteiger partial charge is 0.393 e. The second-order valence-corrected chi connectivity index (χ2v) is 4.75. The van der Waals surface area contributed by atoms with Crippen LogP contribution in [-0.4, -0.2) is 26.0 Å². The van der Waals surface area contributed by atoms with Crippen molar-refractivity contribution in [2.24, 2.45) is 5.92 Å². The number of aliphatic hydroxyl groups excluding tert-OH is 1. The third kappa shape index (κ3) is 2.78. The molecule has 2 rings (SSSR count). The van der Waals surface area contributed by atoms with Gasteiger partial charge in [-0.25, -0.2) is 9.67 Å². The molecule has 15 heavy (non-hydrogen) atoms. The highest BCUT2D eigenvalue weighted by molar-refractivity contribution is 4.90. The molecular weight excluding hydrogens is 190 g/mol. The van der Waals surface area contributed by atoms with Crippen molar-refractivity contribution in [3.8, 4) is 0 Å². The van der Waals surface area contributed by atoms with E-state index in [1.165, 1.54) is 12.8 Å². The van der Waals surface area contributed by atoms with Crippen LogP contribution in [0.15, 0.2) is 6.33 Å². The number of rotatable bonds is 5. The first kappa shape index (κ1) is 10.6. The van der Waals surface area contributed by atoms with Gasteiger partial charge in [0, 0.05) is 12.5 Å². The number of hydrogen-bond donors (Lipinski definition) is 1. The van der Waals surface area contributed by atoms with Crippen molar-refractivity contribution in [2.75, 3.05) is 0 Å². The van der Waals surface area contributed by atoms with E-state index in [4.69, 9.17) is 0 Å². The van der Waals surface area contributed by atoms with Crippen molar-refractivity contribution < 1.29 is 5.11 Å². The molecule has 4 nitrogen and oxygen atoms in total. The second kappa shape index (κ2) is 4.31. The molecule has 0 amide bonds. The first-order valence-electron chi connectivity index (χ1n) is 5.73. The standard InChI is InChI=1S/C11H19N3O/c1-8(2)14-11(12-7-13-14)6-10(15)5-9-3-4-9/h7-10,15H,3-6H2,1-2H3. The Bertz CT molecular complexity index is 317. The van der Waals surface area contributed by atoms with Gasteiger partial charge in [-0.3, -0.25) is 0 Å². The summed E-state index contributed by atoms with van der Waals surface area (Å²) in [5.41, 5.74) is 0. The van der Waals surface area contributed by atoms with Crippen LogP contribution in [0.3, 0.4) is 0 Å². The Morgan fingerprint density at radius 2 is 2.27 bits per heavy atom. The Balaban J connectivity index is 1.93. The molecule has 0 spiro atoms. The van der Waals surface area contributed by atoms with Gasteiger partial charge in [0.15, 0.2) is 0 Å². The average molecular weight is 209 g/mol. The molecule has 4 heteroatoms. The van der Waals surface area contributed by atoms with E-state index in [2.05, 4.69) is 23.9 Å². The second-order valence-electron chi connectivity index (χ2n) is 4.75. The van der Waals surface area contributed by atoms with Gasteiger partial charge in [0.1, 0.15) is 12.2 Å². The highest BCUT2D eigenvalue weighted by Gasteiger charge is 2.25. The van der Waals surface area contributed by atoms with Crippen molar-refractivity contribution in [3.05, 3.63) is 12.2 Å². The molecule has 0 saturated heterocycles. The highest BCUT2D eigenvalue weighted by atomic mass is 16.3. The van der Waals surface area contributed by atoms with Crippen LogP contribution < -0.4 is 0 Å². The lowest BCUT2D eigenvalue weighted by atomic mass is 10.1. The number of aliphatic hydroxyl groups is 1. The molecule has 1 aliphatic carbocycles. The normalized spacial score (nSPS) is 18.4. The maximum Gasteiger partial charge on any atom is 0.138 e. The molecule has 1 fully saturated rings. The number of aromatic nitrogens is 3. The van der Waals surface area contributed by atoms with E-state index in [0.717, 1.165) is 18.2 Å². The molecule has 1 aromatic heterocycles. The van der Waals surface area contributed by atoms with Crippen molar-refractivity contribution in [3.63, 3.8) is 0 Å². The number of hydrogen-bond acceptors (Lipinski definition) is 3. The Hall–Kier alpha value is -0.900. The molecule has 1 heterocycles. The fourth-order valence-corrected chi connectivity index (χ4v) is 1.88. The van der Waals surface area contributed by atoms with Gasteiger partial charge in [-0.05, 0) is 26.2 Å². The van der Waals surface area contributed by atoms with Crippen LogP contribution >= 0.6 is 0 Å². The van der Waals surface area contributed by atoms with E-state index in [0.29, 0.717) is 12.5 Å². The third-order valence-electron chi connectivity index (χ3n) is 2.86. The van der Waals surface area contributed by atoms with E-state index in [-0.39, 0.29) is 6.10 Å². The fourth-order valence-electron chi connectivity index (χ4n) is 1.88. The minimum absolute atomic E-state index is 0.251. The summed E-state index contributed by atoms with van der Waals surface area (Å²) in [7, 11) is 0. The highest BCUT2D eigenvalue weighted by Crippen LogP contribution is 2.33. The van der Waals surface area contributed by atoms with E-state index in [1.807, 2.05) is 4.68 Å². The molecular formula is C11H19N3O. The quantitative estimate of drug-likeness (QED) is 0.800. The molecule has 1 saturated carbocycles. The zero-order valence-electron chi connectivity index (χ0n) is 9.43. The Morgan fingerprint density at radius 3 is 2.87 bits per heavy atom. The Kier molecular flexibility index (Phi) is 3.05. The summed E-state index contributed by atoms with van der Waals surface area (Å²) in [4.78, 5) is 4.20. The van der Waals surface area contributed by atoms with Crippen LogP contribution in [0.2, 0.25) is 0 Å². The molecule has 1 atom stereocenters. The summed E-state index contributed by atoms with van der Waals surface area (Å²) in [6, 6.07) is 0.315. The van der Waals surface area contributed by atoms with E-state index >= 15 is 0 Å². The summed E-state index contributed by atoms with van der Waals surface area (Å²) in [6.45, 7) is 4.15. The van der Waals surface area contributed by atoms with Crippen molar-refractivity contribution >= 4 is 0 Å². The molecule has 0 bridgehead atoms. The van der Waals surface area contributed by atoms with Gasteiger partial charge in [-0.15, -0.1) is 0 Å². The van der Waals surface area contributed by atoms with Crippen LogP contribution in [0.4, 0.5) is 0 Å². The number of nitrogens with zero attached hydrogens (tertiary/aromatic N) is 3. The summed E-state index contributed by atoms with van der Waals surface area (Å²) in [5.74, 6) is 1.66. The van der Waals surface area contributed by atoms with Crippen LogP contribution in [-0.2, 0) is 6.42 Å². The topological polar surface area (TPSA) is 50.9 Å². The molecule has 1 aliphatic rings. The summed E-state index contributed by atoms with van der Waals surface area (Å²) in [5, 5.41) is 14.0. The molecule has 0 aliphatic heterocycles. The molecule has 1 unspecified atom stereocenters. The first-order chi connectivity index (χ1) is 7.16. The Morgan fingerprint density at radius 1 is 1.53 bits per heavy atom. The van der Waals surface area contributed by atoms with E-state index < -0.39 is 0 Å². The van der Waals surface area contributed by atoms with Gasteiger partial charge in [0.2, 0.25) is 0 Å². The van der Waals surface area contributed by atoms with Gasteiger partial charge in [0.05, 0.1) is 6.10 Å². The summed E-state index contributed by atoms with van der Waals surface area (Å²) < 4.78 is 1.89. The minimum Gasteiger partial charge on any atom is -0.393 e. The van der Waals surface area contributed by atoms with Gasteiger partial charge in [-0.2, -0.15) is 5.10 Å². The molecule has 0 radical (unpaired) electrons. The molecule has 1 N–H and O–H groups in total. The third-order valence-corrected chi connectivity index (χ3v) is 2.86. The lowest BCUT2D eigenvalue weighted by molar-refractivity contribution is 0.153. The zero-order valence-corrected chi connectivity index (χ0v) is 9.43. The Labute approximate surface area is 90.3 Å². The predicted molar refractivity (Wildman–Crippen MR) is 57.5 cm³/mol. The lowest BCUT2D eigenvalue weighted by Gasteiger charge is -2.12. The van der Waals surface area contributed by atoms with Crippen LogP contribution in [0, 0.1) is 5.92 Å². The monoisotopic (exact) mass is 209 g/mol. The van der Waals surface area contributed by atoms with Crippen molar-refractivity contribution in [1.82, 2.24) is 14.8 Å².